The number of benzene rings is 2. The van der Waals surface area contributed by atoms with Crippen molar-refractivity contribution < 1.29 is 24.2 Å². The van der Waals surface area contributed by atoms with Crippen LogP contribution in [0.4, 0.5) is 0 Å². The molecule has 1 atom stereocenters. The Labute approximate surface area is 163 Å². The van der Waals surface area contributed by atoms with Crippen LogP contribution in [-0.2, 0) is 16.0 Å². The van der Waals surface area contributed by atoms with E-state index >= 15 is 0 Å². The number of ketones is 1. The van der Waals surface area contributed by atoms with Crippen molar-refractivity contribution in [3.8, 4) is 17.2 Å². The van der Waals surface area contributed by atoms with Gasteiger partial charge in [-0.25, -0.2) is 0 Å². The summed E-state index contributed by atoms with van der Waals surface area (Å²) in [4.78, 5) is 27.6. The molecule has 1 saturated heterocycles. The van der Waals surface area contributed by atoms with Gasteiger partial charge in [0.15, 0.2) is 17.3 Å². The van der Waals surface area contributed by atoms with Crippen LogP contribution in [0.15, 0.2) is 42.0 Å². The summed E-state index contributed by atoms with van der Waals surface area (Å²) < 4.78 is 10.8. The van der Waals surface area contributed by atoms with Crippen LogP contribution in [0.5, 0.6) is 17.2 Å². The summed E-state index contributed by atoms with van der Waals surface area (Å²) in [6, 6.07) is 10.1. The third-order valence-corrected chi connectivity index (χ3v) is 5.41. The quantitative estimate of drug-likeness (QED) is 0.656. The summed E-state index contributed by atoms with van der Waals surface area (Å²) in [5, 5.41) is 9.98. The van der Waals surface area contributed by atoms with Crippen molar-refractivity contribution in [2.45, 2.75) is 18.9 Å². The number of phenols is 1. The molecule has 1 N–H and O–H groups in total. The highest BCUT2D eigenvalue weighted by Gasteiger charge is 2.41. The molecule has 2 aromatic carbocycles. The second kappa shape index (κ2) is 7.03. The van der Waals surface area contributed by atoms with Crippen LogP contribution < -0.4 is 9.47 Å². The molecule has 1 fully saturated rings. The zero-order valence-corrected chi connectivity index (χ0v) is 15.8. The number of methoxy groups -OCH3 is 2. The monoisotopic (exact) mass is 379 g/mol. The molecule has 6 nitrogen and oxygen atoms in total. The smallest absolute Gasteiger partial charge is 0.258 e. The summed E-state index contributed by atoms with van der Waals surface area (Å²) in [5.74, 6) is 0.738. The predicted molar refractivity (Wildman–Crippen MR) is 103 cm³/mol. The summed E-state index contributed by atoms with van der Waals surface area (Å²) in [6.07, 6.45) is 2.37. The number of rotatable bonds is 3. The summed E-state index contributed by atoms with van der Waals surface area (Å²) in [5.41, 5.74) is 2.56. The van der Waals surface area contributed by atoms with Gasteiger partial charge in [-0.15, -0.1) is 0 Å². The van der Waals surface area contributed by atoms with Gasteiger partial charge in [-0.1, -0.05) is 18.2 Å². The highest BCUT2D eigenvalue weighted by molar-refractivity contribution is 6.24. The lowest BCUT2D eigenvalue weighted by molar-refractivity contribution is -0.136. The number of hydrogen-bond donors (Lipinski definition) is 1. The Kier molecular flexibility index (Phi) is 4.55. The van der Waals surface area contributed by atoms with Crippen molar-refractivity contribution in [1.29, 1.82) is 0 Å². The minimum absolute atomic E-state index is 0.0403. The first-order chi connectivity index (χ1) is 13.5. The SMILES string of the molecule is COc1cc2c(cc1OC)C1CC(=O)/C(=C\c3ccccc3O)C(=O)N1CC2. The molecule has 0 spiro atoms. The van der Waals surface area contributed by atoms with E-state index in [1.54, 1.807) is 37.3 Å². The van der Waals surface area contributed by atoms with E-state index in [0.717, 1.165) is 11.1 Å². The highest BCUT2D eigenvalue weighted by Crippen LogP contribution is 2.42. The van der Waals surface area contributed by atoms with E-state index in [9.17, 15) is 14.7 Å². The van der Waals surface area contributed by atoms with E-state index in [1.807, 2.05) is 12.1 Å². The molecular formula is C22H21NO5. The average molecular weight is 379 g/mol. The van der Waals surface area contributed by atoms with Crippen molar-refractivity contribution in [2.75, 3.05) is 20.8 Å². The summed E-state index contributed by atoms with van der Waals surface area (Å²) in [7, 11) is 3.15. The Hall–Kier alpha value is -3.28. The number of phenolic OH excluding ortho intramolecular Hbond substituents is 1. The Morgan fingerprint density at radius 1 is 1.11 bits per heavy atom. The molecular weight excluding hydrogens is 358 g/mol. The first-order valence-corrected chi connectivity index (χ1v) is 9.12. The van der Waals surface area contributed by atoms with Gasteiger partial charge in [0.05, 0.1) is 25.8 Å². The van der Waals surface area contributed by atoms with E-state index in [2.05, 4.69) is 0 Å². The minimum atomic E-state index is -0.315. The lowest BCUT2D eigenvalue weighted by Crippen LogP contribution is -2.46. The van der Waals surface area contributed by atoms with Gasteiger partial charge >= 0.3 is 0 Å². The number of fused-ring (bicyclic) bond motifs is 3. The van der Waals surface area contributed by atoms with Gasteiger partial charge in [0.2, 0.25) is 0 Å². The fraction of sp³-hybridized carbons (Fsp3) is 0.273. The Balaban J connectivity index is 1.72. The van der Waals surface area contributed by atoms with Crippen LogP contribution in [0, 0.1) is 0 Å². The molecule has 4 rings (SSSR count). The van der Waals surface area contributed by atoms with Crippen LogP contribution in [0.25, 0.3) is 6.08 Å². The van der Waals surface area contributed by atoms with E-state index in [4.69, 9.17) is 9.47 Å². The molecule has 0 saturated carbocycles. The van der Waals surface area contributed by atoms with Gasteiger partial charge in [-0.05, 0) is 41.8 Å². The van der Waals surface area contributed by atoms with Gasteiger partial charge < -0.3 is 19.5 Å². The van der Waals surface area contributed by atoms with Crippen LogP contribution in [0.1, 0.15) is 29.2 Å². The summed E-state index contributed by atoms with van der Waals surface area (Å²) in [6.45, 7) is 0.525. The molecule has 2 aliphatic heterocycles. The number of carbonyl (C=O) groups is 2. The van der Waals surface area contributed by atoms with Crippen molar-refractivity contribution in [3.63, 3.8) is 0 Å². The number of para-hydroxylation sites is 1. The van der Waals surface area contributed by atoms with Gasteiger partial charge in [-0.2, -0.15) is 0 Å². The normalized spacial score (nSPS) is 20.0. The second-order valence-electron chi connectivity index (χ2n) is 6.91. The van der Waals surface area contributed by atoms with Gasteiger partial charge in [-0.3, -0.25) is 9.59 Å². The zero-order chi connectivity index (χ0) is 19.8. The largest absolute Gasteiger partial charge is 0.507 e. The molecule has 0 aliphatic carbocycles. The number of ether oxygens (including phenoxy) is 2. The summed E-state index contributed by atoms with van der Waals surface area (Å²) >= 11 is 0. The van der Waals surface area contributed by atoms with E-state index in [0.29, 0.717) is 30.0 Å². The number of piperidine rings is 1. The van der Waals surface area contributed by atoms with Crippen molar-refractivity contribution in [1.82, 2.24) is 4.90 Å². The van der Waals surface area contributed by atoms with Crippen LogP contribution in [0.2, 0.25) is 0 Å². The molecule has 144 valence electrons. The standard InChI is InChI=1S/C22H21NO5/c1-27-20-10-13-7-8-23-17(15(13)11-21(20)28-2)12-19(25)16(22(23)26)9-14-5-3-4-6-18(14)24/h3-6,9-11,17,24H,7-8,12H2,1-2H3/b16-9+. The average Bonchev–Trinajstić information content (AvgIpc) is 2.71. The lowest BCUT2D eigenvalue weighted by atomic mass is 9.83. The predicted octanol–water partition coefficient (Wildman–Crippen LogP) is 2.89. The molecule has 0 bridgehead atoms. The minimum Gasteiger partial charge on any atom is -0.507 e. The Morgan fingerprint density at radius 2 is 1.82 bits per heavy atom. The fourth-order valence-electron chi connectivity index (χ4n) is 3.96. The molecule has 2 heterocycles. The molecule has 2 aliphatic rings. The van der Waals surface area contributed by atoms with E-state index in [-0.39, 0.29) is 35.5 Å². The van der Waals surface area contributed by atoms with E-state index < -0.39 is 0 Å². The topological polar surface area (TPSA) is 76.1 Å². The Morgan fingerprint density at radius 3 is 2.54 bits per heavy atom. The number of carbonyl (C=O) groups excluding carboxylic acids is 2. The molecule has 28 heavy (non-hydrogen) atoms. The number of nitrogens with zero attached hydrogens (tertiary/aromatic N) is 1. The first kappa shape index (κ1) is 18.1. The molecule has 2 aromatic rings. The van der Waals surface area contributed by atoms with Gasteiger partial charge in [0.1, 0.15) is 5.75 Å². The van der Waals surface area contributed by atoms with Gasteiger partial charge in [0, 0.05) is 18.5 Å². The fourth-order valence-corrected chi connectivity index (χ4v) is 3.96. The van der Waals surface area contributed by atoms with Crippen molar-refractivity contribution >= 4 is 17.8 Å². The van der Waals surface area contributed by atoms with Gasteiger partial charge in [0.25, 0.3) is 5.91 Å². The molecule has 0 aromatic heterocycles. The maximum atomic E-state index is 13.1. The zero-order valence-electron chi connectivity index (χ0n) is 15.8. The lowest BCUT2D eigenvalue weighted by Gasteiger charge is -2.40. The maximum absolute atomic E-state index is 13.1. The van der Waals surface area contributed by atoms with Crippen molar-refractivity contribution in [3.05, 3.63) is 58.7 Å². The molecule has 1 amide bonds. The van der Waals surface area contributed by atoms with Crippen molar-refractivity contribution in [2.24, 2.45) is 0 Å². The molecule has 1 unspecified atom stereocenters. The molecule has 0 radical (unpaired) electrons. The van der Waals surface area contributed by atoms with Crippen LogP contribution in [0.3, 0.4) is 0 Å². The Bertz CT molecular complexity index is 994. The number of hydrogen-bond acceptors (Lipinski definition) is 5. The first-order valence-electron chi connectivity index (χ1n) is 9.12. The van der Waals surface area contributed by atoms with E-state index in [1.165, 1.54) is 12.1 Å². The number of aromatic hydroxyl groups is 1. The second-order valence-corrected chi connectivity index (χ2v) is 6.91. The third-order valence-electron chi connectivity index (χ3n) is 5.41. The number of amides is 1. The maximum Gasteiger partial charge on any atom is 0.258 e. The highest BCUT2D eigenvalue weighted by atomic mass is 16.5. The molecule has 6 heteroatoms. The number of Topliss-reactive ketones (excluding diaryl/α,β-unsaturated/α-hetero) is 1. The van der Waals surface area contributed by atoms with Crippen LogP contribution >= 0.6 is 0 Å². The van der Waals surface area contributed by atoms with Crippen LogP contribution in [-0.4, -0.2) is 42.5 Å². The third kappa shape index (κ3) is 2.91.